The highest BCUT2D eigenvalue weighted by Crippen LogP contribution is 2.27. The third-order valence-corrected chi connectivity index (χ3v) is 3.41. The van der Waals surface area contributed by atoms with Crippen molar-refractivity contribution in [3.63, 3.8) is 0 Å². The number of rotatable bonds is 5. The van der Waals surface area contributed by atoms with Crippen LogP contribution < -0.4 is 10.1 Å². The fourth-order valence-electron chi connectivity index (χ4n) is 1.94. The van der Waals surface area contributed by atoms with Gasteiger partial charge in [0.05, 0.1) is 10.6 Å². The molecule has 0 fully saturated rings. The van der Waals surface area contributed by atoms with Crippen LogP contribution in [0.5, 0.6) is 11.5 Å². The quantitative estimate of drug-likeness (QED) is 0.627. The Morgan fingerprint density at radius 3 is 2.50 bits per heavy atom. The SMILES string of the molecule is CCCC(=O)Oc1ccc(NC(=O)c2c(Cl)ccc(O)c2F)cc1. The maximum absolute atomic E-state index is 13.8. The Balaban J connectivity index is 2.10. The molecule has 0 atom stereocenters. The number of esters is 1. The maximum Gasteiger partial charge on any atom is 0.311 e. The molecular formula is C17H15ClFNO4. The number of benzene rings is 2. The number of phenols is 1. The van der Waals surface area contributed by atoms with Gasteiger partial charge in [0, 0.05) is 12.1 Å². The fraction of sp³-hybridized carbons (Fsp3) is 0.176. The highest BCUT2D eigenvalue weighted by atomic mass is 35.5. The predicted octanol–water partition coefficient (Wildman–Crippen LogP) is 4.14. The van der Waals surface area contributed by atoms with E-state index < -0.39 is 23.0 Å². The van der Waals surface area contributed by atoms with Gasteiger partial charge in [-0.25, -0.2) is 4.39 Å². The molecule has 1 amide bonds. The molecule has 2 rings (SSSR count). The van der Waals surface area contributed by atoms with Crippen LogP contribution in [0, 0.1) is 5.82 Å². The summed E-state index contributed by atoms with van der Waals surface area (Å²) in [4.78, 5) is 23.5. The summed E-state index contributed by atoms with van der Waals surface area (Å²) in [6.07, 6.45) is 0.997. The molecule has 2 aromatic carbocycles. The number of ether oxygens (including phenoxy) is 1. The van der Waals surface area contributed by atoms with Gasteiger partial charge in [0.1, 0.15) is 5.75 Å². The van der Waals surface area contributed by atoms with E-state index >= 15 is 0 Å². The van der Waals surface area contributed by atoms with Crippen molar-refractivity contribution >= 4 is 29.2 Å². The first-order valence-electron chi connectivity index (χ1n) is 7.21. The molecule has 2 aromatic rings. The van der Waals surface area contributed by atoms with Crippen molar-refractivity contribution in [3.05, 3.63) is 52.8 Å². The number of carbonyl (C=O) groups excluding carboxylic acids is 2. The highest BCUT2D eigenvalue weighted by Gasteiger charge is 2.19. The molecule has 126 valence electrons. The van der Waals surface area contributed by atoms with E-state index in [-0.39, 0.29) is 11.0 Å². The van der Waals surface area contributed by atoms with Crippen LogP contribution in [-0.2, 0) is 4.79 Å². The van der Waals surface area contributed by atoms with Crippen molar-refractivity contribution in [1.82, 2.24) is 0 Å². The smallest absolute Gasteiger partial charge is 0.311 e. The second-order valence-corrected chi connectivity index (χ2v) is 5.37. The number of carbonyl (C=O) groups is 2. The summed E-state index contributed by atoms with van der Waals surface area (Å²) in [6, 6.07) is 8.30. The Morgan fingerprint density at radius 2 is 1.88 bits per heavy atom. The zero-order valence-corrected chi connectivity index (χ0v) is 13.6. The lowest BCUT2D eigenvalue weighted by molar-refractivity contribution is -0.134. The molecule has 0 heterocycles. The zero-order chi connectivity index (χ0) is 17.7. The van der Waals surface area contributed by atoms with Gasteiger partial charge in [-0.1, -0.05) is 18.5 Å². The minimum Gasteiger partial charge on any atom is -0.505 e. The van der Waals surface area contributed by atoms with E-state index in [2.05, 4.69) is 5.32 Å². The van der Waals surface area contributed by atoms with E-state index in [1.165, 1.54) is 30.3 Å². The monoisotopic (exact) mass is 351 g/mol. The molecule has 7 heteroatoms. The Morgan fingerprint density at radius 1 is 1.21 bits per heavy atom. The van der Waals surface area contributed by atoms with Crippen LogP contribution in [0.2, 0.25) is 5.02 Å². The van der Waals surface area contributed by atoms with E-state index in [9.17, 15) is 19.1 Å². The molecule has 0 spiro atoms. The number of nitrogens with one attached hydrogen (secondary N) is 1. The minimum atomic E-state index is -1.09. The average molecular weight is 352 g/mol. The number of phenolic OH excluding ortho intramolecular Hbond substituents is 1. The van der Waals surface area contributed by atoms with Gasteiger partial charge < -0.3 is 15.2 Å². The van der Waals surface area contributed by atoms with Crippen LogP contribution in [0.15, 0.2) is 36.4 Å². The molecule has 0 saturated heterocycles. The molecule has 24 heavy (non-hydrogen) atoms. The molecule has 0 aliphatic rings. The largest absolute Gasteiger partial charge is 0.505 e. The molecule has 0 unspecified atom stereocenters. The van der Waals surface area contributed by atoms with Crippen LogP contribution >= 0.6 is 11.6 Å². The number of hydrogen-bond acceptors (Lipinski definition) is 4. The van der Waals surface area contributed by atoms with Crippen molar-refractivity contribution in [3.8, 4) is 11.5 Å². The summed E-state index contributed by atoms with van der Waals surface area (Å²) in [5, 5.41) is 11.7. The highest BCUT2D eigenvalue weighted by molar-refractivity contribution is 6.34. The predicted molar refractivity (Wildman–Crippen MR) is 88.0 cm³/mol. The van der Waals surface area contributed by atoms with E-state index in [1.54, 1.807) is 0 Å². The standard InChI is InChI=1S/C17H15ClFNO4/c1-2-3-14(22)24-11-6-4-10(5-7-11)20-17(23)15-12(18)8-9-13(21)16(15)19/h4-9,21H,2-3H2,1H3,(H,20,23). The Labute approximate surface area is 143 Å². The molecule has 0 saturated carbocycles. The second-order valence-electron chi connectivity index (χ2n) is 4.96. The summed E-state index contributed by atoms with van der Waals surface area (Å²) in [5.74, 6) is -2.56. The van der Waals surface area contributed by atoms with Crippen LogP contribution in [0.4, 0.5) is 10.1 Å². The minimum absolute atomic E-state index is 0.118. The van der Waals surface area contributed by atoms with Gasteiger partial charge in [-0.2, -0.15) is 0 Å². The van der Waals surface area contributed by atoms with Crippen LogP contribution in [0.1, 0.15) is 30.1 Å². The Kier molecular flexibility index (Phi) is 5.76. The van der Waals surface area contributed by atoms with Crippen molar-refractivity contribution < 1.29 is 23.8 Å². The summed E-state index contributed by atoms with van der Waals surface area (Å²) < 4.78 is 18.9. The molecule has 2 N–H and O–H groups in total. The first kappa shape index (κ1) is 17.7. The van der Waals surface area contributed by atoms with Gasteiger partial charge in [-0.3, -0.25) is 9.59 Å². The van der Waals surface area contributed by atoms with Gasteiger partial charge in [0.25, 0.3) is 5.91 Å². The fourth-order valence-corrected chi connectivity index (χ4v) is 2.17. The molecule has 0 aliphatic carbocycles. The van der Waals surface area contributed by atoms with Crippen LogP contribution in [-0.4, -0.2) is 17.0 Å². The van der Waals surface area contributed by atoms with Crippen LogP contribution in [0.25, 0.3) is 0 Å². The zero-order valence-electron chi connectivity index (χ0n) is 12.8. The van der Waals surface area contributed by atoms with E-state index in [0.29, 0.717) is 24.3 Å². The van der Waals surface area contributed by atoms with E-state index in [0.717, 1.165) is 6.07 Å². The first-order valence-corrected chi connectivity index (χ1v) is 7.59. The summed E-state index contributed by atoms with van der Waals surface area (Å²) in [6.45, 7) is 1.87. The Bertz CT molecular complexity index is 762. The summed E-state index contributed by atoms with van der Waals surface area (Å²) in [5.41, 5.74) is -0.0933. The van der Waals surface area contributed by atoms with Crippen LogP contribution in [0.3, 0.4) is 0 Å². The average Bonchev–Trinajstić information content (AvgIpc) is 2.53. The van der Waals surface area contributed by atoms with Crippen molar-refractivity contribution in [2.24, 2.45) is 0 Å². The number of halogens is 2. The topological polar surface area (TPSA) is 75.6 Å². The van der Waals surface area contributed by atoms with E-state index in [4.69, 9.17) is 16.3 Å². The van der Waals surface area contributed by atoms with Crippen molar-refractivity contribution in [1.29, 1.82) is 0 Å². The number of amides is 1. The van der Waals surface area contributed by atoms with Crippen molar-refractivity contribution in [2.45, 2.75) is 19.8 Å². The summed E-state index contributed by atoms with van der Waals surface area (Å²) >= 11 is 5.81. The van der Waals surface area contributed by atoms with Gasteiger partial charge in [-0.15, -0.1) is 0 Å². The lowest BCUT2D eigenvalue weighted by Gasteiger charge is -2.09. The van der Waals surface area contributed by atoms with Crippen molar-refractivity contribution in [2.75, 3.05) is 5.32 Å². The third-order valence-electron chi connectivity index (χ3n) is 3.10. The molecule has 0 radical (unpaired) electrons. The molecule has 5 nitrogen and oxygen atoms in total. The maximum atomic E-state index is 13.8. The van der Waals surface area contributed by atoms with Gasteiger partial charge in [0.15, 0.2) is 11.6 Å². The Hall–Kier alpha value is -2.60. The van der Waals surface area contributed by atoms with Gasteiger partial charge in [0.2, 0.25) is 0 Å². The molecule has 0 aromatic heterocycles. The normalized spacial score (nSPS) is 10.3. The number of anilines is 1. The summed E-state index contributed by atoms with van der Waals surface area (Å²) in [7, 11) is 0. The van der Waals surface area contributed by atoms with E-state index in [1.807, 2.05) is 6.92 Å². The first-order chi connectivity index (χ1) is 11.4. The number of hydrogen-bond donors (Lipinski definition) is 2. The lowest BCUT2D eigenvalue weighted by atomic mass is 10.1. The second kappa shape index (κ2) is 7.79. The molecule has 0 aliphatic heterocycles. The lowest BCUT2D eigenvalue weighted by Crippen LogP contribution is -2.14. The molecular weight excluding hydrogens is 337 g/mol. The molecule has 0 bridgehead atoms. The van der Waals surface area contributed by atoms with Gasteiger partial charge >= 0.3 is 5.97 Å². The van der Waals surface area contributed by atoms with Gasteiger partial charge in [-0.05, 0) is 42.8 Å². The number of aromatic hydroxyl groups is 1. The third kappa shape index (κ3) is 4.23.